The lowest BCUT2D eigenvalue weighted by Crippen LogP contribution is -2.37. The monoisotopic (exact) mass is 431 g/mol. The summed E-state index contributed by atoms with van der Waals surface area (Å²) in [5.74, 6) is 0.318. The molecule has 0 spiro atoms. The molecule has 1 saturated heterocycles. The van der Waals surface area contributed by atoms with E-state index in [2.05, 4.69) is 40.2 Å². The van der Waals surface area contributed by atoms with Crippen LogP contribution in [0.25, 0.3) is 0 Å². The van der Waals surface area contributed by atoms with Crippen molar-refractivity contribution in [1.29, 1.82) is 0 Å². The van der Waals surface area contributed by atoms with Gasteiger partial charge in [0.25, 0.3) is 0 Å². The van der Waals surface area contributed by atoms with Crippen molar-refractivity contribution in [1.82, 2.24) is 5.32 Å². The van der Waals surface area contributed by atoms with Crippen LogP contribution in [0.3, 0.4) is 0 Å². The molecule has 0 amide bonds. The molecule has 2 fully saturated rings. The molecular weight excluding hydrogens is 399 g/mol. The maximum atomic E-state index is 13.2. The topological polar surface area (TPSA) is 36.1 Å². The number of aryl methyl sites for hydroxylation is 1. The molecular formula is C25H32F3N3. The first-order valence-electron chi connectivity index (χ1n) is 11.4. The van der Waals surface area contributed by atoms with E-state index in [1.54, 1.807) is 6.07 Å². The van der Waals surface area contributed by atoms with E-state index in [0.717, 1.165) is 19.4 Å². The number of hydrogen-bond acceptors (Lipinski definition) is 3. The normalized spacial score (nSPS) is 22.5. The van der Waals surface area contributed by atoms with Crippen molar-refractivity contribution >= 4 is 11.4 Å². The highest BCUT2D eigenvalue weighted by Crippen LogP contribution is 2.35. The van der Waals surface area contributed by atoms with Gasteiger partial charge in [0.15, 0.2) is 0 Å². The highest BCUT2D eigenvalue weighted by molar-refractivity contribution is 5.50. The van der Waals surface area contributed by atoms with Gasteiger partial charge in [-0.15, -0.1) is 0 Å². The lowest BCUT2D eigenvalue weighted by molar-refractivity contribution is -0.138. The molecule has 0 radical (unpaired) electrons. The fourth-order valence-corrected chi connectivity index (χ4v) is 4.94. The molecule has 3 N–H and O–H groups in total. The summed E-state index contributed by atoms with van der Waals surface area (Å²) in [6.45, 7) is 3.10. The highest BCUT2D eigenvalue weighted by atomic mass is 19.4. The molecule has 0 aromatic heterocycles. The van der Waals surface area contributed by atoms with Crippen LogP contribution in [0.5, 0.6) is 0 Å². The fourth-order valence-electron chi connectivity index (χ4n) is 4.94. The van der Waals surface area contributed by atoms with E-state index in [1.165, 1.54) is 56.0 Å². The van der Waals surface area contributed by atoms with Gasteiger partial charge < -0.3 is 16.0 Å². The van der Waals surface area contributed by atoms with E-state index in [9.17, 15) is 13.2 Å². The number of hydrogen-bond donors (Lipinski definition) is 3. The van der Waals surface area contributed by atoms with Crippen LogP contribution < -0.4 is 16.0 Å². The number of anilines is 2. The van der Waals surface area contributed by atoms with Gasteiger partial charge in [-0.25, -0.2) is 0 Å². The lowest BCUT2D eigenvalue weighted by atomic mass is 9.86. The first kappa shape index (κ1) is 22.0. The molecule has 1 aliphatic carbocycles. The number of benzene rings is 2. The van der Waals surface area contributed by atoms with Crippen LogP contribution in [0.2, 0.25) is 0 Å². The second-order valence-electron chi connectivity index (χ2n) is 8.99. The summed E-state index contributed by atoms with van der Waals surface area (Å²) in [7, 11) is 0. The molecule has 168 valence electrons. The minimum Gasteiger partial charge on any atom is -0.385 e. The van der Waals surface area contributed by atoms with Gasteiger partial charge in [0, 0.05) is 30.0 Å². The Balaban J connectivity index is 1.41. The van der Waals surface area contributed by atoms with Gasteiger partial charge in [-0.1, -0.05) is 31.0 Å². The molecule has 6 heteroatoms. The Morgan fingerprint density at radius 1 is 0.935 bits per heavy atom. The Morgan fingerprint density at radius 2 is 1.65 bits per heavy atom. The van der Waals surface area contributed by atoms with E-state index in [-0.39, 0.29) is 11.6 Å². The van der Waals surface area contributed by atoms with Gasteiger partial charge in [-0.05, 0) is 80.5 Å². The lowest BCUT2D eigenvalue weighted by Gasteiger charge is -2.33. The number of halogens is 3. The molecule has 1 heterocycles. The smallest absolute Gasteiger partial charge is 0.385 e. The van der Waals surface area contributed by atoms with Crippen LogP contribution >= 0.6 is 0 Å². The molecule has 4 rings (SSSR count). The number of nitrogens with one attached hydrogen (secondary N) is 3. The van der Waals surface area contributed by atoms with E-state index in [0.29, 0.717) is 24.2 Å². The predicted octanol–water partition coefficient (Wildman–Crippen LogP) is 6.52. The first-order chi connectivity index (χ1) is 14.9. The van der Waals surface area contributed by atoms with Crippen LogP contribution in [0.15, 0.2) is 42.5 Å². The zero-order chi connectivity index (χ0) is 21.8. The van der Waals surface area contributed by atoms with Crippen molar-refractivity contribution in [3.05, 3.63) is 59.2 Å². The number of alkyl halides is 3. The second kappa shape index (κ2) is 9.51. The van der Waals surface area contributed by atoms with Gasteiger partial charge in [0.2, 0.25) is 0 Å². The van der Waals surface area contributed by atoms with Crippen LogP contribution in [0, 0.1) is 12.8 Å². The molecule has 31 heavy (non-hydrogen) atoms. The van der Waals surface area contributed by atoms with Gasteiger partial charge in [0.1, 0.15) is 0 Å². The Morgan fingerprint density at radius 3 is 2.35 bits per heavy atom. The molecule has 2 aromatic carbocycles. The highest BCUT2D eigenvalue weighted by Gasteiger charge is 2.32. The largest absolute Gasteiger partial charge is 0.416 e. The Kier molecular flexibility index (Phi) is 6.75. The molecule has 2 aliphatic rings. The molecule has 2 atom stereocenters. The van der Waals surface area contributed by atoms with E-state index < -0.39 is 11.7 Å². The summed E-state index contributed by atoms with van der Waals surface area (Å²) in [4.78, 5) is 0. The minimum atomic E-state index is -4.33. The second-order valence-corrected chi connectivity index (χ2v) is 8.99. The minimum absolute atomic E-state index is 0.203. The van der Waals surface area contributed by atoms with Crippen molar-refractivity contribution in [3.63, 3.8) is 0 Å². The van der Waals surface area contributed by atoms with Crippen molar-refractivity contribution in [2.75, 3.05) is 23.7 Å². The first-order valence-corrected chi connectivity index (χ1v) is 11.4. The third-order valence-electron chi connectivity index (χ3n) is 6.69. The van der Waals surface area contributed by atoms with Crippen molar-refractivity contribution in [2.24, 2.45) is 5.92 Å². The molecule has 3 nitrogen and oxygen atoms in total. The van der Waals surface area contributed by atoms with Crippen LogP contribution in [-0.4, -0.2) is 19.1 Å². The summed E-state index contributed by atoms with van der Waals surface area (Å²) in [5, 5.41) is 10.5. The standard InChI is InChI=1S/C25H32F3N3/c1-17-8-11-22(15-23(17)25(26,27)28)30-16-19-5-4-14-29-24(19)18-9-12-21(13-10-18)31-20-6-2-3-7-20/h8-13,15,19-20,24,29-31H,2-7,14,16H2,1H3/t19?,24-/m0/s1. The fraction of sp³-hybridized carbons (Fsp3) is 0.520. The molecule has 2 aromatic rings. The number of rotatable bonds is 6. The Hall–Kier alpha value is -2.21. The summed E-state index contributed by atoms with van der Waals surface area (Å²) in [5.41, 5.74) is 2.62. The van der Waals surface area contributed by atoms with E-state index in [4.69, 9.17) is 0 Å². The number of piperidine rings is 1. The van der Waals surface area contributed by atoms with Crippen LogP contribution in [0.1, 0.15) is 61.3 Å². The van der Waals surface area contributed by atoms with Crippen molar-refractivity contribution < 1.29 is 13.2 Å². The Labute approximate surface area is 182 Å². The van der Waals surface area contributed by atoms with Crippen LogP contribution in [-0.2, 0) is 6.18 Å². The van der Waals surface area contributed by atoms with E-state index >= 15 is 0 Å². The average Bonchev–Trinajstić information content (AvgIpc) is 3.26. The maximum absolute atomic E-state index is 13.2. The predicted molar refractivity (Wildman–Crippen MR) is 120 cm³/mol. The van der Waals surface area contributed by atoms with E-state index in [1.807, 2.05) is 0 Å². The molecule has 1 saturated carbocycles. The summed E-state index contributed by atoms with van der Waals surface area (Å²) in [6.07, 6.45) is 2.90. The molecule has 1 aliphatic heterocycles. The Bertz CT molecular complexity index is 857. The summed E-state index contributed by atoms with van der Waals surface area (Å²) >= 11 is 0. The third-order valence-corrected chi connectivity index (χ3v) is 6.69. The van der Waals surface area contributed by atoms with Gasteiger partial charge in [-0.2, -0.15) is 13.2 Å². The van der Waals surface area contributed by atoms with Crippen molar-refractivity contribution in [3.8, 4) is 0 Å². The molecule has 0 bridgehead atoms. The summed E-state index contributed by atoms with van der Waals surface area (Å²) < 4.78 is 39.7. The average molecular weight is 432 g/mol. The zero-order valence-electron chi connectivity index (χ0n) is 18.1. The summed E-state index contributed by atoms with van der Waals surface area (Å²) in [6, 6.07) is 14.0. The third kappa shape index (κ3) is 5.53. The van der Waals surface area contributed by atoms with Crippen LogP contribution in [0.4, 0.5) is 24.5 Å². The molecule has 1 unspecified atom stereocenters. The zero-order valence-corrected chi connectivity index (χ0v) is 18.1. The van der Waals surface area contributed by atoms with Crippen molar-refractivity contribution in [2.45, 2.75) is 63.7 Å². The quantitative estimate of drug-likeness (QED) is 0.487. The SMILES string of the molecule is Cc1ccc(NCC2CCCN[C@H]2c2ccc(NC3CCCC3)cc2)cc1C(F)(F)F. The van der Waals surface area contributed by atoms with Gasteiger partial charge in [0.05, 0.1) is 5.56 Å². The van der Waals surface area contributed by atoms with Gasteiger partial charge >= 0.3 is 6.18 Å². The van der Waals surface area contributed by atoms with Gasteiger partial charge in [-0.3, -0.25) is 0 Å². The maximum Gasteiger partial charge on any atom is 0.416 e.